The summed E-state index contributed by atoms with van der Waals surface area (Å²) < 4.78 is 0. The lowest BCUT2D eigenvalue weighted by Crippen LogP contribution is -2.45. The van der Waals surface area contributed by atoms with E-state index in [2.05, 4.69) is 0 Å². The predicted molar refractivity (Wildman–Crippen MR) is 80.5 cm³/mol. The highest BCUT2D eigenvalue weighted by molar-refractivity contribution is 6.09. The van der Waals surface area contributed by atoms with Gasteiger partial charge in [0.25, 0.3) is 11.8 Å². The van der Waals surface area contributed by atoms with Gasteiger partial charge in [-0.15, -0.1) is 0 Å². The second-order valence-electron chi connectivity index (χ2n) is 5.99. The van der Waals surface area contributed by atoms with Gasteiger partial charge in [0.05, 0.1) is 0 Å². The van der Waals surface area contributed by atoms with Gasteiger partial charge in [0.15, 0.2) is 0 Å². The molecule has 122 valence electrons. The standard InChI is InChI=1S/C16H19N3O4/c1-18-15(22)19(10-13(20)17-23)14(21)16(18)9-5-4-7-11-6-2-3-8-12(11)16/h2-3,6,8,23H,4-5,7,9-10H2,1H3,(H,17,20). The number of rotatable bonds is 2. The van der Waals surface area contributed by atoms with Crippen molar-refractivity contribution < 1.29 is 19.6 Å². The number of hydrogen-bond acceptors (Lipinski definition) is 4. The minimum Gasteiger partial charge on any atom is -0.308 e. The summed E-state index contributed by atoms with van der Waals surface area (Å²) in [6, 6.07) is 7.14. The fourth-order valence-corrected chi connectivity index (χ4v) is 3.66. The molecule has 1 fully saturated rings. The monoisotopic (exact) mass is 317 g/mol. The van der Waals surface area contributed by atoms with Crippen LogP contribution in [0.3, 0.4) is 0 Å². The molecule has 1 aromatic carbocycles. The van der Waals surface area contributed by atoms with Crippen LogP contribution < -0.4 is 5.48 Å². The maximum absolute atomic E-state index is 13.1. The van der Waals surface area contributed by atoms with Gasteiger partial charge in [-0.2, -0.15) is 0 Å². The number of nitrogens with one attached hydrogen (secondary N) is 1. The van der Waals surface area contributed by atoms with Crippen LogP contribution >= 0.6 is 0 Å². The van der Waals surface area contributed by atoms with Crippen molar-refractivity contribution in [1.82, 2.24) is 15.3 Å². The van der Waals surface area contributed by atoms with Crippen molar-refractivity contribution in [2.75, 3.05) is 13.6 Å². The third kappa shape index (κ3) is 2.19. The van der Waals surface area contributed by atoms with Crippen LogP contribution in [-0.4, -0.2) is 46.4 Å². The average Bonchev–Trinajstić information content (AvgIpc) is 2.73. The van der Waals surface area contributed by atoms with Crippen molar-refractivity contribution in [3.05, 3.63) is 35.4 Å². The van der Waals surface area contributed by atoms with Gasteiger partial charge in [-0.05, 0) is 36.8 Å². The maximum atomic E-state index is 13.1. The van der Waals surface area contributed by atoms with Crippen molar-refractivity contribution in [3.63, 3.8) is 0 Å². The molecular formula is C16H19N3O4. The molecule has 7 nitrogen and oxygen atoms in total. The Balaban J connectivity index is 2.09. The Morgan fingerprint density at radius 1 is 1.30 bits per heavy atom. The molecule has 1 unspecified atom stereocenters. The zero-order valence-corrected chi connectivity index (χ0v) is 12.9. The molecule has 1 saturated heterocycles. The van der Waals surface area contributed by atoms with E-state index in [1.807, 2.05) is 24.3 Å². The van der Waals surface area contributed by atoms with E-state index >= 15 is 0 Å². The number of aryl methyl sites for hydroxylation is 1. The number of urea groups is 1. The second kappa shape index (κ2) is 5.66. The Hall–Kier alpha value is -2.41. The summed E-state index contributed by atoms with van der Waals surface area (Å²) in [5.41, 5.74) is 2.31. The summed E-state index contributed by atoms with van der Waals surface area (Å²) >= 11 is 0. The third-order valence-electron chi connectivity index (χ3n) is 4.81. The van der Waals surface area contributed by atoms with Gasteiger partial charge in [0.1, 0.15) is 12.1 Å². The number of nitrogens with zero attached hydrogens (tertiary/aromatic N) is 2. The molecule has 0 radical (unpaired) electrons. The number of fused-ring (bicyclic) bond motifs is 2. The number of hydrogen-bond donors (Lipinski definition) is 2. The number of benzene rings is 1. The zero-order chi connectivity index (χ0) is 16.6. The Bertz CT molecular complexity index is 675. The van der Waals surface area contributed by atoms with Gasteiger partial charge in [-0.3, -0.25) is 19.7 Å². The van der Waals surface area contributed by atoms with Gasteiger partial charge in [-0.25, -0.2) is 10.3 Å². The number of imide groups is 1. The van der Waals surface area contributed by atoms with E-state index in [0.29, 0.717) is 6.42 Å². The van der Waals surface area contributed by atoms with Gasteiger partial charge < -0.3 is 4.90 Å². The van der Waals surface area contributed by atoms with Gasteiger partial charge in [0.2, 0.25) is 0 Å². The number of carbonyl (C=O) groups excluding carboxylic acids is 3. The number of carbonyl (C=O) groups is 3. The summed E-state index contributed by atoms with van der Waals surface area (Å²) in [5.74, 6) is -1.19. The van der Waals surface area contributed by atoms with Crippen LogP contribution in [0.4, 0.5) is 4.79 Å². The first-order valence-electron chi connectivity index (χ1n) is 7.63. The van der Waals surface area contributed by atoms with Crippen molar-refractivity contribution in [1.29, 1.82) is 0 Å². The molecule has 2 aliphatic rings. The first kappa shape index (κ1) is 15.5. The quantitative estimate of drug-likeness (QED) is 0.484. The number of likely N-dealkylation sites (N-methyl/N-ethyl adjacent to an activating group) is 1. The molecule has 1 spiro atoms. The molecule has 1 atom stereocenters. The third-order valence-corrected chi connectivity index (χ3v) is 4.81. The Morgan fingerprint density at radius 2 is 2.04 bits per heavy atom. The average molecular weight is 317 g/mol. The Labute approximate surface area is 133 Å². The molecular weight excluding hydrogens is 298 g/mol. The van der Waals surface area contributed by atoms with Gasteiger partial charge in [-0.1, -0.05) is 24.3 Å². The van der Waals surface area contributed by atoms with E-state index in [0.717, 1.165) is 35.3 Å². The molecule has 3 rings (SSSR count). The minimum atomic E-state index is -1.06. The minimum absolute atomic E-state index is 0.400. The van der Waals surface area contributed by atoms with Crippen molar-refractivity contribution in [2.24, 2.45) is 0 Å². The van der Waals surface area contributed by atoms with Crippen LogP contribution in [0, 0.1) is 0 Å². The summed E-state index contributed by atoms with van der Waals surface area (Å²) in [7, 11) is 1.60. The van der Waals surface area contributed by atoms with E-state index in [1.165, 1.54) is 10.4 Å². The Kier molecular flexibility index (Phi) is 3.81. The molecule has 7 heteroatoms. The molecule has 23 heavy (non-hydrogen) atoms. The van der Waals surface area contributed by atoms with Crippen molar-refractivity contribution >= 4 is 17.8 Å². The molecule has 1 aliphatic heterocycles. The van der Waals surface area contributed by atoms with Crippen molar-refractivity contribution in [2.45, 2.75) is 31.2 Å². The molecule has 1 aromatic rings. The molecule has 1 aliphatic carbocycles. The van der Waals surface area contributed by atoms with E-state index < -0.39 is 29.9 Å². The van der Waals surface area contributed by atoms with E-state index in [9.17, 15) is 14.4 Å². The van der Waals surface area contributed by atoms with Crippen LogP contribution in [0.15, 0.2) is 24.3 Å². The summed E-state index contributed by atoms with van der Waals surface area (Å²) in [6.07, 6.45) is 3.16. The topological polar surface area (TPSA) is 90.0 Å². The highest BCUT2D eigenvalue weighted by atomic mass is 16.5. The normalized spacial score (nSPS) is 23.9. The van der Waals surface area contributed by atoms with Gasteiger partial charge in [0, 0.05) is 7.05 Å². The number of amides is 4. The fourth-order valence-electron chi connectivity index (χ4n) is 3.66. The molecule has 1 heterocycles. The molecule has 0 bridgehead atoms. The maximum Gasteiger partial charge on any atom is 0.328 e. The second-order valence-corrected chi connectivity index (χ2v) is 5.99. The van der Waals surface area contributed by atoms with Crippen LogP contribution in [0.2, 0.25) is 0 Å². The summed E-state index contributed by atoms with van der Waals surface area (Å²) in [4.78, 5) is 39.4. The lowest BCUT2D eigenvalue weighted by molar-refractivity contribution is -0.139. The highest BCUT2D eigenvalue weighted by Gasteiger charge is 2.57. The fraction of sp³-hybridized carbons (Fsp3) is 0.438. The van der Waals surface area contributed by atoms with E-state index in [-0.39, 0.29) is 0 Å². The summed E-state index contributed by atoms with van der Waals surface area (Å²) in [6.45, 7) is -0.484. The van der Waals surface area contributed by atoms with E-state index in [4.69, 9.17) is 5.21 Å². The first-order chi connectivity index (χ1) is 11.0. The molecule has 0 aromatic heterocycles. The largest absolute Gasteiger partial charge is 0.328 e. The predicted octanol–water partition coefficient (Wildman–Crippen LogP) is 1.01. The lowest BCUT2D eigenvalue weighted by atomic mass is 9.83. The smallest absolute Gasteiger partial charge is 0.308 e. The number of hydroxylamine groups is 1. The van der Waals surface area contributed by atoms with Gasteiger partial charge >= 0.3 is 6.03 Å². The van der Waals surface area contributed by atoms with Crippen LogP contribution in [0.25, 0.3) is 0 Å². The first-order valence-corrected chi connectivity index (χ1v) is 7.63. The Morgan fingerprint density at radius 3 is 2.78 bits per heavy atom. The van der Waals surface area contributed by atoms with Crippen LogP contribution in [0.1, 0.15) is 30.4 Å². The molecule has 2 N–H and O–H groups in total. The lowest BCUT2D eigenvalue weighted by Gasteiger charge is -2.33. The van der Waals surface area contributed by atoms with E-state index in [1.54, 1.807) is 7.05 Å². The SMILES string of the molecule is CN1C(=O)N(CC(=O)NO)C(=O)C12CCCCc1ccccc12. The summed E-state index contributed by atoms with van der Waals surface area (Å²) in [5, 5.41) is 8.68. The van der Waals surface area contributed by atoms with Crippen molar-refractivity contribution in [3.8, 4) is 0 Å². The van der Waals surface area contributed by atoms with Crippen LogP contribution in [0.5, 0.6) is 0 Å². The zero-order valence-electron chi connectivity index (χ0n) is 12.9. The highest BCUT2D eigenvalue weighted by Crippen LogP contribution is 2.44. The molecule has 0 saturated carbocycles. The molecule has 4 amide bonds. The van der Waals surface area contributed by atoms with Crippen LogP contribution in [-0.2, 0) is 21.5 Å².